The number of nitrogens with zero attached hydrogens (tertiary/aromatic N) is 2. The second-order valence-electron chi connectivity index (χ2n) is 5.76. The van der Waals surface area contributed by atoms with Crippen LogP contribution >= 0.6 is 0 Å². The van der Waals surface area contributed by atoms with E-state index in [-0.39, 0.29) is 23.9 Å². The molecule has 0 aromatic heterocycles. The van der Waals surface area contributed by atoms with E-state index >= 15 is 0 Å². The normalized spacial score (nSPS) is 18.8. The Kier molecular flexibility index (Phi) is 5.90. The van der Waals surface area contributed by atoms with Gasteiger partial charge in [0.05, 0.1) is 0 Å². The summed E-state index contributed by atoms with van der Waals surface area (Å²) < 4.78 is 26.9. The maximum atomic E-state index is 13.7. The smallest absolute Gasteiger partial charge is 0.217 e. The monoisotopic (exact) mass is 324 g/mol. The summed E-state index contributed by atoms with van der Waals surface area (Å²) in [5.74, 6) is -0.424. The summed E-state index contributed by atoms with van der Waals surface area (Å²) in [7, 11) is 1.64. The predicted molar refractivity (Wildman–Crippen MR) is 84.7 cm³/mol. The number of amides is 1. The van der Waals surface area contributed by atoms with Crippen LogP contribution in [0.1, 0.15) is 24.8 Å². The zero-order chi connectivity index (χ0) is 16.8. The van der Waals surface area contributed by atoms with Crippen LogP contribution in [-0.2, 0) is 11.3 Å². The zero-order valence-corrected chi connectivity index (χ0v) is 13.2. The van der Waals surface area contributed by atoms with Crippen molar-refractivity contribution in [1.29, 1.82) is 0 Å². The first-order chi connectivity index (χ1) is 11.0. The number of likely N-dealkylation sites (tertiary alicyclic amines) is 1. The first kappa shape index (κ1) is 17.2. The van der Waals surface area contributed by atoms with E-state index < -0.39 is 11.6 Å². The number of hydrogen-bond acceptors (Lipinski definition) is 2. The Morgan fingerprint density at radius 1 is 1.48 bits per heavy atom. The number of hydrogen-bond donors (Lipinski definition) is 2. The minimum atomic E-state index is -0.474. The molecule has 0 bridgehead atoms. The third-order valence-corrected chi connectivity index (χ3v) is 3.96. The molecule has 7 heteroatoms. The summed E-state index contributed by atoms with van der Waals surface area (Å²) in [5, 5.41) is 3.05. The summed E-state index contributed by atoms with van der Waals surface area (Å²) in [6.07, 6.45) is 2.24. The standard InChI is InChI=1S/C16H22F2N4O/c1-20-16(21-9-12-8-13(17)4-5-14(12)18)22-6-2-3-11(10-22)7-15(19)23/h4-5,8,11H,2-3,6-7,9-10H2,1H3,(H2,19,23)(H,20,21). The van der Waals surface area contributed by atoms with Crippen LogP contribution in [0.3, 0.4) is 0 Å². The minimum absolute atomic E-state index is 0.146. The molecule has 0 radical (unpaired) electrons. The molecule has 1 atom stereocenters. The molecular formula is C16H22F2N4O. The third kappa shape index (κ3) is 4.91. The molecule has 0 saturated carbocycles. The van der Waals surface area contributed by atoms with Crippen LogP contribution in [0.4, 0.5) is 8.78 Å². The first-order valence-electron chi connectivity index (χ1n) is 7.67. The van der Waals surface area contributed by atoms with Crippen molar-refractivity contribution < 1.29 is 13.6 Å². The maximum Gasteiger partial charge on any atom is 0.217 e. The molecule has 3 N–H and O–H groups in total. The largest absolute Gasteiger partial charge is 0.370 e. The summed E-state index contributed by atoms with van der Waals surface area (Å²) in [6.45, 7) is 1.63. The molecule has 126 valence electrons. The van der Waals surface area contributed by atoms with Crippen molar-refractivity contribution in [1.82, 2.24) is 10.2 Å². The summed E-state index contributed by atoms with van der Waals surface area (Å²) in [6, 6.07) is 3.37. The fraction of sp³-hybridized carbons (Fsp3) is 0.500. The average molecular weight is 324 g/mol. The molecule has 1 aliphatic heterocycles. The predicted octanol–water partition coefficient (Wildman–Crippen LogP) is 1.63. The van der Waals surface area contributed by atoms with Crippen LogP contribution in [0.2, 0.25) is 0 Å². The van der Waals surface area contributed by atoms with Crippen molar-refractivity contribution in [2.24, 2.45) is 16.6 Å². The summed E-state index contributed by atoms with van der Waals surface area (Å²) in [5.41, 5.74) is 5.51. The molecule has 0 spiro atoms. The second kappa shape index (κ2) is 7.89. The fourth-order valence-electron chi connectivity index (χ4n) is 2.89. The Labute approximate surface area is 134 Å². The lowest BCUT2D eigenvalue weighted by atomic mass is 9.95. The summed E-state index contributed by atoms with van der Waals surface area (Å²) in [4.78, 5) is 17.3. The van der Waals surface area contributed by atoms with Crippen LogP contribution in [-0.4, -0.2) is 36.9 Å². The quantitative estimate of drug-likeness (QED) is 0.653. The van der Waals surface area contributed by atoms with E-state index in [0.717, 1.165) is 31.5 Å². The van der Waals surface area contributed by atoms with E-state index in [9.17, 15) is 13.6 Å². The number of nitrogens with one attached hydrogen (secondary N) is 1. The van der Waals surface area contributed by atoms with E-state index in [4.69, 9.17) is 5.73 Å². The number of piperidine rings is 1. The van der Waals surface area contributed by atoms with E-state index in [0.29, 0.717) is 18.9 Å². The van der Waals surface area contributed by atoms with Crippen LogP contribution < -0.4 is 11.1 Å². The van der Waals surface area contributed by atoms with Crippen molar-refractivity contribution >= 4 is 11.9 Å². The number of aliphatic imine (C=N–C) groups is 1. The van der Waals surface area contributed by atoms with Gasteiger partial charge in [-0.3, -0.25) is 9.79 Å². The Morgan fingerprint density at radius 2 is 2.26 bits per heavy atom. The van der Waals surface area contributed by atoms with Crippen molar-refractivity contribution in [3.8, 4) is 0 Å². The first-order valence-corrected chi connectivity index (χ1v) is 7.67. The van der Waals surface area contributed by atoms with E-state index in [1.165, 1.54) is 6.07 Å². The van der Waals surface area contributed by atoms with Gasteiger partial charge in [-0.2, -0.15) is 0 Å². The van der Waals surface area contributed by atoms with Crippen LogP contribution in [0.5, 0.6) is 0 Å². The van der Waals surface area contributed by atoms with Gasteiger partial charge in [-0.05, 0) is 37.0 Å². The SMILES string of the molecule is CN=C(NCc1cc(F)ccc1F)N1CCCC(CC(N)=O)C1. The number of benzene rings is 1. The Morgan fingerprint density at radius 3 is 2.96 bits per heavy atom. The lowest BCUT2D eigenvalue weighted by Crippen LogP contribution is -2.47. The van der Waals surface area contributed by atoms with Crippen molar-refractivity contribution in [3.63, 3.8) is 0 Å². The molecule has 1 unspecified atom stereocenters. The number of carbonyl (C=O) groups is 1. The third-order valence-electron chi connectivity index (χ3n) is 3.96. The molecular weight excluding hydrogens is 302 g/mol. The second-order valence-corrected chi connectivity index (χ2v) is 5.76. The molecule has 1 aromatic carbocycles. The highest BCUT2D eigenvalue weighted by molar-refractivity contribution is 5.80. The van der Waals surface area contributed by atoms with Gasteiger partial charge < -0.3 is 16.0 Å². The fourth-order valence-corrected chi connectivity index (χ4v) is 2.89. The van der Waals surface area contributed by atoms with Crippen LogP contribution in [0.15, 0.2) is 23.2 Å². The van der Waals surface area contributed by atoms with E-state index in [2.05, 4.69) is 10.3 Å². The summed E-state index contributed by atoms with van der Waals surface area (Å²) >= 11 is 0. The highest BCUT2D eigenvalue weighted by atomic mass is 19.1. The molecule has 1 fully saturated rings. The van der Waals surface area contributed by atoms with E-state index in [1.54, 1.807) is 7.05 Å². The Hall–Kier alpha value is -2.18. The van der Waals surface area contributed by atoms with Gasteiger partial charge in [0.1, 0.15) is 11.6 Å². The van der Waals surface area contributed by atoms with Gasteiger partial charge in [-0.15, -0.1) is 0 Å². The van der Waals surface area contributed by atoms with Crippen molar-refractivity contribution in [2.45, 2.75) is 25.8 Å². The van der Waals surface area contributed by atoms with E-state index in [1.807, 2.05) is 4.90 Å². The Balaban J connectivity index is 1.97. The van der Waals surface area contributed by atoms with Gasteiger partial charge in [0.2, 0.25) is 5.91 Å². The van der Waals surface area contributed by atoms with Crippen molar-refractivity contribution in [2.75, 3.05) is 20.1 Å². The molecule has 1 aromatic rings. The highest BCUT2D eigenvalue weighted by Gasteiger charge is 2.23. The van der Waals surface area contributed by atoms with Gasteiger partial charge in [0.15, 0.2) is 5.96 Å². The van der Waals surface area contributed by atoms with Gasteiger partial charge in [-0.1, -0.05) is 0 Å². The lowest BCUT2D eigenvalue weighted by molar-refractivity contribution is -0.119. The minimum Gasteiger partial charge on any atom is -0.370 e. The maximum absolute atomic E-state index is 13.7. The molecule has 1 heterocycles. The number of guanidine groups is 1. The Bertz CT molecular complexity index is 591. The molecule has 0 aliphatic carbocycles. The average Bonchev–Trinajstić information content (AvgIpc) is 2.51. The lowest BCUT2D eigenvalue weighted by Gasteiger charge is -2.34. The van der Waals surface area contributed by atoms with Crippen LogP contribution in [0, 0.1) is 17.6 Å². The van der Waals surface area contributed by atoms with Crippen LogP contribution in [0.25, 0.3) is 0 Å². The molecule has 5 nitrogen and oxygen atoms in total. The number of rotatable bonds is 4. The molecule has 23 heavy (non-hydrogen) atoms. The van der Waals surface area contributed by atoms with Gasteiger partial charge >= 0.3 is 0 Å². The van der Waals surface area contributed by atoms with Gasteiger partial charge in [-0.25, -0.2) is 8.78 Å². The zero-order valence-electron chi connectivity index (χ0n) is 13.2. The number of nitrogens with two attached hydrogens (primary N) is 1. The van der Waals surface area contributed by atoms with Crippen molar-refractivity contribution in [3.05, 3.63) is 35.4 Å². The highest BCUT2D eigenvalue weighted by Crippen LogP contribution is 2.19. The van der Waals surface area contributed by atoms with Gasteiger partial charge in [0.25, 0.3) is 0 Å². The van der Waals surface area contributed by atoms with Gasteiger partial charge in [0, 0.05) is 38.7 Å². The number of halogens is 2. The molecule has 1 amide bonds. The number of primary amides is 1. The molecule has 1 aliphatic rings. The number of carbonyl (C=O) groups excluding carboxylic acids is 1. The molecule has 1 saturated heterocycles. The molecule has 2 rings (SSSR count). The topological polar surface area (TPSA) is 70.7 Å².